The van der Waals surface area contributed by atoms with Crippen molar-refractivity contribution in [1.29, 1.82) is 0 Å². The van der Waals surface area contributed by atoms with Gasteiger partial charge in [0.15, 0.2) is 4.34 Å². The van der Waals surface area contributed by atoms with Crippen molar-refractivity contribution in [3.05, 3.63) is 5.01 Å². The zero-order valence-electron chi connectivity index (χ0n) is 8.36. The lowest BCUT2D eigenvalue weighted by Crippen LogP contribution is -2.40. The van der Waals surface area contributed by atoms with Gasteiger partial charge in [0, 0.05) is 11.3 Å². The van der Waals surface area contributed by atoms with Crippen LogP contribution in [0.4, 0.5) is 0 Å². The van der Waals surface area contributed by atoms with Crippen molar-refractivity contribution in [1.82, 2.24) is 10.2 Å². The zero-order chi connectivity index (χ0) is 10.6. The highest BCUT2D eigenvalue weighted by molar-refractivity contribution is 8.01. The first-order chi connectivity index (χ1) is 6.53. The minimum Gasteiger partial charge on any atom is -0.394 e. The van der Waals surface area contributed by atoms with E-state index < -0.39 is 5.54 Å². The molecular formula is C8H15N3OS2. The molecule has 3 N–H and O–H groups in total. The van der Waals surface area contributed by atoms with Crippen molar-refractivity contribution >= 4 is 23.1 Å². The summed E-state index contributed by atoms with van der Waals surface area (Å²) in [7, 11) is 0. The van der Waals surface area contributed by atoms with E-state index in [2.05, 4.69) is 10.2 Å². The van der Waals surface area contributed by atoms with Gasteiger partial charge < -0.3 is 10.8 Å². The topological polar surface area (TPSA) is 72.0 Å². The maximum Gasteiger partial charge on any atom is 0.174 e. The van der Waals surface area contributed by atoms with E-state index in [4.69, 9.17) is 10.8 Å². The summed E-state index contributed by atoms with van der Waals surface area (Å²) in [5.74, 6) is 0.863. The van der Waals surface area contributed by atoms with Gasteiger partial charge in [-0.15, -0.1) is 10.2 Å². The molecule has 0 radical (unpaired) electrons. The summed E-state index contributed by atoms with van der Waals surface area (Å²) in [6.07, 6.45) is 0.771. The average Bonchev–Trinajstić information content (AvgIpc) is 2.51. The molecule has 1 atom stereocenters. The van der Waals surface area contributed by atoms with Gasteiger partial charge in [-0.2, -0.15) is 0 Å². The van der Waals surface area contributed by atoms with Crippen molar-refractivity contribution in [2.45, 2.75) is 30.1 Å². The summed E-state index contributed by atoms with van der Waals surface area (Å²) in [5.41, 5.74) is 5.31. The molecule has 4 nitrogen and oxygen atoms in total. The van der Waals surface area contributed by atoms with E-state index >= 15 is 0 Å². The molecule has 1 heterocycles. The highest BCUT2D eigenvalue weighted by Crippen LogP contribution is 2.23. The van der Waals surface area contributed by atoms with Crippen molar-refractivity contribution in [3.8, 4) is 0 Å². The fourth-order valence-electron chi connectivity index (χ4n) is 0.787. The van der Waals surface area contributed by atoms with E-state index in [-0.39, 0.29) is 6.61 Å². The van der Waals surface area contributed by atoms with Gasteiger partial charge in [-0.1, -0.05) is 23.1 Å². The second-order valence-electron chi connectivity index (χ2n) is 3.50. The fourth-order valence-corrected chi connectivity index (χ4v) is 2.89. The second-order valence-corrected chi connectivity index (χ2v) is 6.02. The second kappa shape index (κ2) is 5.06. The number of aromatic nitrogens is 2. The number of hydrogen-bond acceptors (Lipinski definition) is 6. The maximum absolute atomic E-state index is 8.94. The number of rotatable bonds is 5. The molecule has 0 aliphatic carbocycles. The molecule has 1 aromatic heterocycles. The predicted octanol–water partition coefficient (Wildman–Crippen LogP) is 1.04. The molecule has 0 amide bonds. The number of aryl methyl sites for hydroxylation is 1. The maximum atomic E-state index is 8.94. The monoisotopic (exact) mass is 233 g/mol. The molecule has 6 heteroatoms. The molecule has 0 saturated heterocycles. The van der Waals surface area contributed by atoms with Gasteiger partial charge in [0.25, 0.3) is 0 Å². The van der Waals surface area contributed by atoms with Crippen LogP contribution in [0.1, 0.15) is 18.4 Å². The minimum absolute atomic E-state index is 0.0166. The Morgan fingerprint density at radius 3 is 2.79 bits per heavy atom. The zero-order valence-corrected chi connectivity index (χ0v) is 9.99. The van der Waals surface area contributed by atoms with Crippen LogP contribution in [0.5, 0.6) is 0 Å². The Kier molecular flexibility index (Phi) is 4.31. The third kappa shape index (κ3) is 3.91. The predicted molar refractivity (Wildman–Crippen MR) is 59.7 cm³/mol. The first-order valence-corrected chi connectivity index (χ1v) is 6.16. The number of aliphatic hydroxyl groups excluding tert-OH is 1. The number of thioether (sulfide) groups is 1. The highest BCUT2D eigenvalue weighted by atomic mass is 32.2. The Balaban J connectivity index is 2.28. The molecule has 1 aromatic rings. The lowest BCUT2D eigenvalue weighted by Gasteiger charge is -2.20. The lowest BCUT2D eigenvalue weighted by atomic mass is 10.0. The summed E-state index contributed by atoms with van der Waals surface area (Å²) in [6.45, 7) is 3.80. The van der Waals surface area contributed by atoms with E-state index in [1.54, 1.807) is 23.1 Å². The number of nitrogens with zero attached hydrogens (tertiary/aromatic N) is 2. The molecule has 0 aliphatic heterocycles. The Morgan fingerprint density at radius 1 is 1.57 bits per heavy atom. The van der Waals surface area contributed by atoms with Gasteiger partial charge >= 0.3 is 0 Å². The van der Waals surface area contributed by atoms with Crippen LogP contribution in [0.25, 0.3) is 0 Å². The van der Waals surface area contributed by atoms with E-state index in [0.717, 1.165) is 21.5 Å². The van der Waals surface area contributed by atoms with Crippen molar-refractivity contribution in [3.63, 3.8) is 0 Å². The lowest BCUT2D eigenvalue weighted by molar-refractivity contribution is 0.206. The summed E-state index contributed by atoms with van der Waals surface area (Å²) >= 11 is 3.22. The molecule has 0 aliphatic rings. The fraction of sp³-hybridized carbons (Fsp3) is 0.750. The SMILES string of the molecule is Cc1nnc(SCCC(C)(N)CO)s1. The first kappa shape index (κ1) is 11.9. The van der Waals surface area contributed by atoms with Gasteiger partial charge in [-0.25, -0.2) is 0 Å². The first-order valence-electron chi connectivity index (χ1n) is 4.36. The summed E-state index contributed by atoms with van der Waals surface area (Å²) in [6, 6.07) is 0. The van der Waals surface area contributed by atoms with Crippen molar-refractivity contribution in [2.24, 2.45) is 5.73 Å². The normalized spacial score (nSPS) is 15.4. The van der Waals surface area contributed by atoms with Gasteiger partial charge in [-0.3, -0.25) is 0 Å². The molecular weight excluding hydrogens is 218 g/mol. The molecule has 1 rings (SSSR count). The van der Waals surface area contributed by atoms with Crippen LogP contribution in [0, 0.1) is 6.92 Å². The van der Waals surface area contributed by atoms with Crippen LogP contribution in [-0.4, -0.2) is 33.2 Å². The summed E-state index contributed by atoms with van der Waals surface area (Å²) in [5, 5.41) is 17.8. The molecule has 0 spiro atoms. The van der Waals surface area contributed by atoms with Gasteiger partial charge in [0.2, 0.25) is 0 Å². The molecule has 0 bridgehead atoms. The van der Waals surface area contributed by atoms with E-state index in [9.17, 15) is 0 Å². The molecule has 0 aromatic carbocycles. The third-order valence-corrected chi connectivity index (χ3v) is 3.74. The van der Waals surface area contributed by atoms with Crippen molar-refractivity contribution in [2.75, 3.05) is 12.4 Å². The van der Waals surface area contributed by atoms with E-state index in [0.29, 0.717) is 0 Å². The standard InChI is InChI=1S/C8H15N3OS2/c1-6-10-11-7(14-6)13-4-3-8(2,9)5-12/h12H,3-5,9H2,1-2H3. The van der Waals surface area contributed by atoms with Crippen LogP contribution in [0.3, 0.4) is 0 Å². The van der Waals surface area contributed by atoms with Crippen molar-refractivity contribution < 1.29 is 5.11 Å². The Morgan fingerprint density at radius 2 is 2.29 bits per heavy atom. The number of nitrogens with two attached hydrogens (primary N) is 1. The van der Waals surface area contributed by atoms with Crippen LogP contribution < -0.4 is 5.73 Å². The molecule has 1 unspecified atom stereocenters. The third-order valence-electron chi connectivity index (χ3n) is 1.77. The van der Waals surface area contributed by atoms with Crippen LogP contribution in [0.15, 0.2) is 4.34 Å². The number of aliphatic hydroxyl groups is 1. The molecule has 14 heavy (non-hydrogen) atoms. The molecule has 0 saturated carbocycles. The Labute approximate surface area is 91.9 Å². The van der Waals surface area contributed by atoms with Crippen LogP contribution in [-0.2, 0) is 0 Å². The largest absolute Gasteiger partial charge is 0.394 e. The highest BCUT2D eigenvalue weighted by Gasteiger charge is 2.16. The van der Waals surface area contributed by atoms with Crippen LogP contribution >= 0.6 is 23.1 Å². The minimum atomic E-state index is -0.479. The quantitative estimate of drug-likeness (QED) is 0.743. The van der Waals surface area contributed by atoms with Gasteiger partial charge in [-0.05, 0) is 20.3 Å². The van der Waals surface area contributed by atoms with Crippen LogP contribution in [0.2, 0.25) is 0 Å². The average molecular weight is 233 g/mol. The summed E-state index contributed by atoms with van der Waals surface area (Å²) < 4.78 is 0.969. The Bertz CT molecular complexity index is 288. The number of hydrogen-bond donors (Lipinski definition) is 2. The van der Waals surface area contributed by atoms with Gasteiger partial charge in [0.05, 0.1) is 6.61 Å². The smallest absolute Gasteiger partial charge is 0.174 e. The van der Waals surface area contributed by atoms with E-state index in [1.165, 1.54) is 0 Å². The van der Waals surface area contributed by atoms with Gasteiger partial charge in [0.1, 0.15) is 5.01 Å². The van der Waals surface area contributed by atoms with E-state index in [1.807, 2.05) is 13.8 Å². The Hall–Kier alpha value is -0.170. The summed E-state index contributed by atoms with van der Waals surface area (Å²) in [4.78, 5) is 0. The molecule has 0 fully saturated rings. The molecule has 80 valence electrons.